The number of alkyl halides is 2. The van der Waals surface area contributed by atoms with E-state index < -0.39 is 36.3 Å². The molecule has 3 saturated carbocycles. The SMILES string of the molecule is CC(=O)N1CCC(C2(C(O)c3cc(Cl)cc4cn[nH]c34)CC2)CC1.COC(=O)N1CCC(C2(C(O)c3cc(Cl)cc4cn[nH]c34)CC2)CC1.Cc1ccc(NC(=O)N2CCC(C3(C(O)c4cc(Cl)cc5cn[nH]c45)CC3)CC2)cc1.Cc1cccc(NC(=O)N2CCC(C(F)(F)C(O)c3cc(Cl)cc4cn[nH]c34)CC2)c1. The average molecular weight is 1600 g/mol. The number of aromatic nitrogens is 8. The Hall–Kier alpha value is -8.66. The Morgan fingerprint density at radius 3 is 1.17 bits per heavy atom. The molecule has 4 aliphatic heterocycles. The molecule has 4 saturated heterocycles. The number of fused-ring (bicyclic) bond motifs is 4. The normalized spacial score (nSPS) is 19.5. The van der Waals surface area contributed by atoms with Crippen LogP contribution in [0.25, 0.3) is 43.6 Å². The second-order valence-electron chi connectivity index (χ2n) is 31.4. The van der Waals surface area contributed by atoms with Gasteiger partial charge in [-0.25, -0.2) is 23.2 Å². The van der Waals surface area contributed by atoms with Crippen LogP contribution < -0.4 is 10.6 Å². The molecule has 6 aromatic carbocycles. The molecule has 10 N–H and O–H groups in total. The van der Waals surface area contributed by atoms with Crippen LogP contribution in [0.15, 0.2) is 122 Å². The number of carbonyl (C=O) groups excluding carboxylic acids is 4. The second-order valence-corrected chi connectivity index (χ2v) is 33.2. The van der Waals surface area contributed by atoms with Crippen molar-refractivity contribution in [2.45, 2.75) is 141 Å². The quantitative estimate of drug-likeness (QED) is 0.0485. The number of halogens is 6. The van der Waals surface area contributed by atoms with Gasteiger partial charge in [-0.1, -0.05) is 76.2 Å². The third-order valence-corrected chi connectivity index (χ3v) is 25.7. The van der Waals surface area contributed by atoms with E-state index in [4.69, 9.17) is 51.1 Å². The largest absolute Gasteiger partial charge is 0.453 e. The van der Waals surface area contributed by atoms with E-state index in [0.717, 1.165) is 151 Å². The Bertz CT molecular complexity index is 4990. The van der Waals surface area contributed by atoms with Gasteiger partial charge in [-0.15, -0.1) is 0 Å². The van der Waals surface area contributed by atoms with Gasteiger partial charge in [-0.2, -0.15) is 20.4 Å². The third-order valence-electron chi connectivity index (χ3n) is 24.8. The van der Waals surface area contributed by atoms with Crippen LogP contribution in [-0.4, -0.2) is 170 Å². The number of amides is 6. The fourth-order valence-corrected chi connectivity index (χ4v) is 18.9. The van der Waals surface area contributed by atoms with Gasteiger partial charge < -0.3 is 55.4 Å². The summed E-state index contributed by atoms with van der Waals surface area (Å²) < 4.78 is 35.3. The van der Waals surface area contributed by atoms with E-state index in [-0.39, 0.29) is 76.8 Å². The van der Waals surface area contributed by atoms with Crippen LogP contribution >= 0.6 is 46.4 Å². The zero-order valence-electron chi connectivity index (χ0n) is 62.4. The van der Waals surface area contributed by atoms with Gasteiger partial charge in [0.25, 0.3) is 5.92 Å². The van der Waals surface area contributed by atoms with Gasteiger partial charge in [-0.05, 0) is 200 Å². The molecule has 17 rings (SSSR count). The van der Waals surface area contributed by atoms with Crippen molar-refractivity contribution in [3.63, 3.8) is 0 Å². The Morgan fingerprint density at radius 1 is 0.468 bits per heavy atom. The number of hydrogen-bond acceptors (Lipinski definition) is 13. The van der Waals surface area contributed by atoms with E-state index >= 15 is 8.78 Å². The lowest BCUT2D eigenvalue weighted by atomic mass is 9.75. The molecule has 4 unspecified atom stereocenters. The standard InChI is InChI=1S/C24H27ClN4O2.C22H23ClF2N4O2.C18H22ClN3O3.C18H22ClN3O2/c1-15-2-4-19(5-3-15)27-23(31)29-10-6-17(7-11-29)24(8-9-24)22(30)20-13-18(25)12-16-14-26-28-21(16)20;1-13-3-2-4-17(9-13)27-21(31)29-7-5-15(6-8-29)22(24,25)20(30)18-11-16(23)10-14-12-26-28-19(14)18;1-25-17(24)22-6-2-12(3-7-22)18(4-5-18)16(23)14-9-13(19)8-11-10-20-21-15(11)14;1-11(23)22-6-2-13(3-7-22)18(4-5-18)17(24)15-9-14(19)8-12-10-20-21-16(12)15/h2-5,12-14,17,22,30H,6-11H2,1H3,(H,26,28)(H,27,31);2-4,9-12,15,20,30H,5-8H2,1H3,(H,26,28)(H,27,31);8-10,12,16,23H,2-7H2,1H3,(H,20,21);8-10,13,17,24H,2-7H2,1H3,(H,20,21). The minimum Gasteiger partial charge on any atom is -0.453 e. The maximum absolute atomic E-state index is 15.2. The number of aryl methyl sites for hydroxylation is 2. The van der Waals surface area contributed by atoms with Gasteiger partial charge in [0.2, 0.25) is 5.91 Å². The van der Waals surface area contributed by atoms with Crippen molar-refractivity contribution in [2.75, 3.05) is 70.1 Å². The van der Waals surface area contributed by atoms with Crippen molar-refractivity contribution in [2.24, 2.45) is 39.9 Å². The molecular formula is C82H94Cl4F2N14O9. The summed E-state index contributed by atoms with van der Waals surface area (Å²) in [6.45, 7) is 10.3. The lowest BCUT2D eigenvalue weighted by molar-refractivity contribution is -0.159. The van der Waals surface area contributed by atoms with Crippen LogP contribution in [0.3, 0.4) is 0 Å². The Balaban J connectivity index is 0.000000124. The molecule has 4 atom stereocenters. The minimum atomic E-state index is -3.39. The topological polar surface area (TPSA) is 310 Å². The number of ether oxygens (including phenoxy) is 1. The fraction of sp³-hybridized carbons (Fsp3) is 0.463. The van der Waals surface area contributed by atoms with E-state index in [1.807, 2.05) is 103 Å². The number of piperidine rings is 4. The van der Waals surface area contributed by atoms with Crippen molar-refractivity contribution in [1.29, 1.82) is 0 Å². The molecule has 6 amide bonds. The number of rotatable bonds is 14. The minimum absolute atomic E-state index is 0.0182. The van der Waals surface area contributed by atoms with Crippen molar-refractivity contribution < 1.29 is 53.1 Å². The Kier molecular flexibility index (Phi) is 23.4. The molecule has 3 aliphatic carbocycles. The highest BCUT2D eigenvalue weighted by atomic mass is 35.5. The van der Waals surface area contributed by atoms with Gasteiger partial charge in [0.15, 0.2) is 0 Å². The van der Waals surface area contributed by atoms with Gasteiger partial charge in [0.1, 0.15) is 6.10 Å². The molecule has 23 nitrogen and oxygen atoms in total. The average Bonchev–Trinajstić information content (AvgIpc) is 1.59. The summed E-state index contributed by atoms with van der Waals surface area (Å²) >= 11 is 24.8. The summed E-state index contributed by atoms with van der Waals surface area (Å²) in [6.07, 6.45) is 14.4. The predicted octanol–water partition coefficient (Wildman–Crippen LogP) is 17.2. The molecule has 588 valence electrons. The third kappa shape index (κ3) is 16.8. The number of nitrogens with one attached hydrogen (secondary N) is 6. The summed E-state index contributed by atoms with van der Waals surface area (Å²) in [6, 6.07) is 28.9. The number of nitrogens with zero attached hydrogens (tertiary/aromatic N) is 8. The van der Waals surface area contributed by atoms with Gasteiger partial charge >= 0.3 is 18.2 Å². The number of hydrogen-bond donors (Lipinski definition) is 10. The molecule has 10 aromatic rings. The van der Waals surface area contributed by atoms with Crippen LogP contribution in [0.2, 0.25) is 20.1 Å². The van der Waals surface area contributed by atoms with Crippen LogP contribution in [0.1, 0.15) is 155 Å². The summed E-state index contributed by atoms with van der Waals surface area (Å²) in [5.74, 6) is -3.10. The highest BCUT2D eigenvalue weighted by molar-refractivity contribution is 6.32. The van der Waals surface area contributed by atoms with E-state index in [1.54, 1.807) is 42.5 Å². The second kappa shape index (κ2) is 32.8. The zero-order chi connectivity index (χ0) is 78.3. The first kappa shape index (κ1) is 79.0. The summed E-state index contributed by atoms with van der Waals surface area (Å²) in [5, 5.41) is 83.4. The number of benzene rings is 6. The zero-order valence-corrected chi connectivity index (χ0v) is 65.4. The lowest BCUT2D eigenvalue weighted by Gasteiger charge is -2.38. The molecule has 4 aromatic heterocycles. The molecule has 7 fully saturated rings. The fourth-order valence-electron chi connectivity index (χ4n) is 18.0. The number of aliphatic hydroxyl groups excluding tert-OH is 4. The maximum Gasteiger partial charge on any atom is 0.409 e. The van der Waals surface area contributed by atoms with Crippen molar-refractivity contribution in [3.8, 4) is 0 Å². The number of likely N-dealkylation sites (tertiary alicyclic amines) is 4. The molecule has 7 aliphatic rings. The molecule has 0 bridgehead atoms. The van der Waals surface area contributed by atoms with E-state index in [0.29, 0.717) is 75.6 Å². The molecule has 111 heavy (non-hydrogen) atoms. The number of aromatic amines is 4. The number of carbonyl (C=O) groups is 4. The molecule has 29 heteroatoms. The van der Waals surface area contributed by atoms with Crippen molar-refractivity contribution >= 4 is 125 Å². The lowest BCUT2D eigenvalue weighted by Crippen LogP contribution is -2.46. The van der Waals surface area contributed by atoms with Crippen LogP contribution in [0.5, 0.6) is 0 Å². The summed E-state index contributed by atoms with van der Waals surface area (Å²) in [4.78, 5) is 55.4. The van der Waals surface area contributed by atoms with Gasteiger partial charge in [0.05, 0.1) is 72.3 Å². The number of anilines is 2. The molecule has 8 heterocycles. The maximum atomic E-state index is 15.2. The number of urea groups is 2. The molecule has 0 spiro atoms. The van der Waals surface area contributed by atoms with Crippen LogP contribution in [-0.2, 0) is 9.53 Å². The predicted molar refractivity (Wildman–Crippen MR) is 425 cm³/mol. The van der Waals surface area contributed by atoms with E-state index in [9.17, 15) is 39.6 Å². The number of aliphatic hydroxyl groups is 4. The number of methoxy groups -OCH3 is 1. The van der Waals surface area contributed by atoms with Crippen molar-refractivity contribution in [1.82, 2.24) is 60.4 Å². The van der Waals surface area contributed by atoms with E-state index in [2.05, 4.69) is 51.4 Å². The van der Waals surface area contributed by atoms with E-state index in [1.165, 1.54) is 29.8 Å². The highest BCUT2D eigenvalue weighted by Crippen LogP contribution is 2.66. The van der Waals surface area contributed by atoms with Crippen LogP contribution in [0, 0.1) is 53.8 Å². The highest BCUT2D eigenvalue weighted by Gasteiger charge is 2.58. The van der Waals surface area contributed by atoms with Crippen molar-refractivity contribution in [3.05, 3.63) is 175 Å². The molecular weight excluding hydrogens is 1500 g/mol. The Morgan fingerprint density at radius 2 is 0.811 bits per heavy atom. The number of H-pyrrole nitrogens is 4. The summed E-state index contributed by atoms with van der Waals surface area (Å²) in [7, 11) is 1.41. The smallest absolute Gasteiger partial charge is 0.409 e. The Labute approximate surface area is 661 Å². The van der Waals surface area contributed by atoms with Gasteiger partial charge in [0, 0.05) is 157 Å². The molecule has 0 radical (unpaired) electrons. The van der Waals surface area contributed by atoms with Crippen LogP contribution in [0.4, 0.5) is 34.5 Å². The monoisotopic (exact) mass is 1600 g/mol. The summed E-state index contributed by atoms with van der Waals surface area (Å²) in [5.41, 5.74) is 8.78. The first-order valence-corrected chi connectivity index (χ1v) is 39.7. The first-order valence-electron chi connectivity index (χ1n) is 38.2. The first-order chi connectivity index (χ1) is 53.3. The van der Waals surface area contributed by atoms with Gasteiger partial charge in [-0.3, -0.25) is 25.2 Å².